The Balaban J connectivity index is 1.41. The summed E-state index contributed by atoms with van der Waals surface area (Å²) in [6, 6.07) is 16.2. The number of aliphatic hydroxyl groups excluding tert-OH is 2. The van der Waals surface area contributed by atoms with Crippen LogP contribution in [0, 0.1) is 0 Å². The molecule has 2 rings (SSSR count). The van der Waals surface area contributed by atoms with Crippen molar-refractivity contribution in [3.8, 4) is 0 Å². The summed E-state index contributed by atoms with van der Waals surface area (Å²) in [5.41, 5.74) is 4.45. The molecule has 2 aromatic carbocycles. The average molecular weight is 357 g/mol. The first-order valence-electron chi connectivity index (χ1n) is 9.60. The van der Waals surface area contributed by atoms with Crippen LogP contribution in [0.4, 0.5) is 0 Å². The third-order valence-electron chi connectivity index (χ3n) is 4.53. The summed E-state index contributed by atoms with van der Waals surface area (Å²) in [6.07, 6.45) is 4.92. The van der Waals surface area contributed by atoms with Gasteiger partial charge in [-0.05, 0) is 48.2 Å². The third kappa shape index (κ3) is 8.11. The highest BCUT2D eigenvalue weighted by molar-refractivity contribution is 5.22. The van der Waals surface area contributed by atoms with Gasteiger partial charge in [-0.15, -0.1) is 0 Å². The number of hydrogen-bond donors (Lipinski definition) is 4. The molecule has 0 spiro atoms. The minimum Gasteiger partial charge on any atom is -0.392 e. The molecule has 4 heteroatoms. The van der Waals surface area contributed by atoms with Crippen molar-refractivity contribution in [2.24, 2.45) is 0 Å². The summed E-state index contributed by atoms with van der Waals surface area (Å²) in [5, 5.41) is 25.0. The van der Waals surface area contributed by atoms with Crippen LogP contribution in [0.3, 0.4) is 0 Å². The lowest BCUT2D eigenvalue weighted by atomic mass is 10.1. The predicted octanol–water partition coefficient (Wildman–Crippen LogP) is 3.11. The van der Waals surface area contributed by atoms with Crippen molar-refractivity contribution in [2.45, 2.75) is 52.0 Å². The topological polar surface area (TPSA) is 64.5 Å². The molecule has 0 amide bonds. The Kier molecular flexibility index (Phi) is 9.98. The molecule has 0 aromatic heterocycles. The van der Waals surface area contributed by atoms with Crippen molar-refractivity contribution in [1.29, 1.82) is 0 Å². The first-order chi connectivity index (χ1) is 12.8. The molecule has 0 atom stereocenters. The molecule has 2 aromatic rings. The molecule has 0 saturated heterocycles. The Morgan fingerprint density at radius 2 is 0.846 bits per heavy atom. The highest BCUT2D eigenvalue weighted by Crippen LogP contribution is 2.05. The number of aliphatic hydroxyl groups is 2. The first-order valence-corrected chi connectivity index (χ1v) is 9.60. The van der Waals surface area contributed by atoms with Gasteiger partial charge in [0.05, 0.1) is 13.2 Å². The van der Waals surface area contributed by atoms with Gasteiger partial charge >= 0.3 is 0 Å². The summed E-state index contributed by atoms with van der Waals surface area (Å²) in [7, 11) is 0. The zero-order valence-corrected chi connectivity index (χ0v) is 15.6. The number of nitrogens with one attached hydrogen (secondary N) is 2. The van der Waals surface area contributed by atoms with Gasteiger partial charge in [0, 0.05) is 13.1 Å². The zero-order valence-electron chi connectivity index (χ0n) is 15.6. The Morgan fingerprint density at radius 1 is 0.500 bits per heavy atom. The summed E-state index contributed by atoms with van der Waals surface area (Å²) >= 11 is 0. The summed E-state index contributed by atoms with van der Waals surface area (Å²) in [6.45, 7) is 4.10. The van der Waals surface area contributed by atoms with Crippen LogP contribution in [0.25, 0.3) is 0 Å². The van der Waals surface area contributed by atoms with Gasteiger partial charge in [-0.3, -0.25) is 0 Å². The molecule has 0 aliphatic rings. The quantitative estimate of drug-likeness (QED) is 0.417. The standard InChI is InChI=1S/C22H32N2O2/c25-17-21-9-5-19(6-10-21)15-23-13-3-1-2-4-14-24-16-20-7-11-22(18-26)12-8-20/h5-12,23-26H,1-4,13-18H2. The third-order valence-corrected chi connectivity index (χ3v) is 4.53. The van der Waals surface area contributed by atoms with Gasteiger partial charge in [-0.1, -0.05) is 61.4 Å². The average Bonchev–Trinajstić information content (AvgIpc) is 2.70. The first kappa shape index (κ1) is 20.6. The van der Waals surface area contributed by atoms with E-state index in [2.05, 4.69) is 34.9 Å². The van der Waals surface area contributed by atoms with E-state index in [4.69, 9.17) is 10.2 Å². The minimum absolute atomic E-state index is 0.110. The fourth-order valence-electron chi connectivity index (χ4n) is 2.84. The predicted molar refractivity (Wildman–Crippen MR) is 107 cm³/mol. The highest BCUT2D eigenvalue weighted by Gasteiger charge is 1.96. The van der Waals surface area contributed by atoms with E-state index in [9.17, 15) is 0 Å². The second-order valence-corrected chi connectivity index (χ2v) is 6.72. The normalized spacial score (nSPS) is 11.0. The van der Waals surface area contributed by atoms with Gasteiger partial charge in [0.25, 0.3) is 0 Å². The molecule has 0 aliphatic carbocycles. The van der Waals surface area contributed by atoms with Crippen LogP contribution in [0.5, 0.6) is 0 Å². The Morgan fingerprint density at radius 3 is 1.19 bits per heavy atom. The maximum Gasteiger partial charge on any atom is 0.0681 e. The SMILES string of the molecule is OCc1ccc(CNCCCCCCNCc2ccc(CO)cc2)cc1. The zero-order chi connectivity index (χ0) is 18.5. The van der Waals surface area contributed by atoms with Gasteiger partial charge in [0.2, 0.25) is 0 Å². The number of rotatable bonds is 13. The Hall–Kier alpha value is -1.72. The molecule has 0 aliphatic heterocycles. The lowest BCUT2D eigenvalue weighted by Gasteiger charge is -2.07. The van der Waals surface area contributed by atoms with E-state index >= 15 is 0 Å². The Bertz CT molecular complexity index is 541. The number of benzene rings is 2. The lowest BCUT2D eigenvalue weighted by Crippen LogP contribution is -2.16. The van der Waals surface area contributed by atoms with E-state index in [1.807, 2.05) is 24.3 Å². The van der Waals surface area contributed by atoms with Crippen molar-refractivity contribution in [3.05, 3.63) is 70.8 Å². The van der Waals surface area contributed by atoms with Crippen LogP contribution >= 0.6 is 0 Å². The maximum absolute atomic E-state index is 9.03. The Labute approximate surface area is 157 Å². The molecule has 0 radical (unpaired) electrons. The lowest BCUT2D eigenvalue weighted by molar-refractivity contribution is 0.281. The molecular weight excluding hydrogens is 324 g/mol. The fourth-order valence-corrected chi connectivity index (χ4v) is 2.84. The minimum atomic E-state index is 0.110. The number of unbranched alkanes of at least 4 members (excludes halogenated alkanes) is 3. The van der Waals surface area contributed by atoms with Crippen molar-refractivity contribution in [1.82, 2.24) is 10.6 Å². The molecular formula is C22H32N2O2. The maximum atomic E-state index is 9.03. The van der Waals surface area contributed by atoms with Crippen LogP contribution in [-0.4, -0.2) is 23.3 Å². The molecule has 4 N–H and O–H groups in total. The van der Waals surface area contributed by atoms with Crippen LogP contribution in [0.1, 0.15) is 47.9 Å². The van der Waals surface area contributed by atoms with E-state index < -0.39 is 0 Å². The van der Waals surface area contributed by atoms with Gasteiger partial charge in [0.15, 0.2) is 0 Å². The summed E-state index contributed by atoms with van der Waals surface area (Å²) in [5.74, 6) is 0. The smallest absolute Gasteiger partial charge is 0.0681 e. The van der Waals surface area contributed by atoms with Crippen molar-refractivity contribution in [2.75, 3.05) is 13.1 Å². The van der Waals surface area contributed by atoms with Crippen molar-refractivity contribution < 1.29 is 10.2 Å². The van der Waals surface area contributed by atoms with Crippen LogP contribution in [0.15, 0.2) is 48.5 Å². The van der Waals surface area contributed by atoms with E-state index in [1.54, 1.807) is 0 Å². The van der Waals surface area contributed by atoms with E-state index in [1.165, 1.54) is 36.8 Å². The molecule has 4 nitrogen and oxygen atoms in total. The van der Waals surface area contributed by atoms with Gasteiger partial charge in [-0.2, -0.15) is 0 Å². The molecule has 0 unspecified atom stereocenters. The molecule has 26 heavy (non-hydrogen) atoms. The second-order valence-electron chi connectivity index (χ2n) is 6.72. The fraction of sp³-hybridized carbons (Fsp3) is 0.455. The summed E-state index contributed by atoms with van der Waals surface area (Å²) < 4.78 is 0. The molecule has 0 saturated carbocycles. The van der Waals surface area contributed by atoms with Crippen LogP contribution in [0.2, 0.25) is 0 Å². The second kappa shape index (κ2) is 12.6. The monoisotopic (exact) mass is 356 g/mol. The van der Waals surface area contributed by atoms with E-state index in [0.717, 1.165) is 37.3 Å². The van der Waals surface area contributed by atoms with Gasteiger partial charge < -0.3 is 20.8 Å². The highest BCUT2D eigenvalue weighted by atomic mass is 16.3. The van der Waals surface area contributed by atoms with Crippen LogP contribution < -0.4 is 10.6 Å². The van der Waals surface area contributed by atoms with E-state index in [0.29, 0.717) is 0 Å². The number of hydrogen-bond acceptors (Lipinski definition) is 4. The summed E-state index contributed by atoms with van der Waals surface area (Å²) in [4.78, 5) is 0. The molecule has 0 fully saturated rings. The van der Waals surface area contributed by atoms with Gasteiger partial charge in [0.1, 0.15) is 0 Å². The van der Waals surface area contributed by atoms with E-state index in [-0.39, 0.29) is 13.2 Å². The molecule has 0 bridgehead atoms. The molecule has 0 heterocycles. The van der Waals surface area contributed by atoms with Crippen molar-refractivity contribution in [3.63, 3.8) is 0 Å². The largest absolute Gasteiger partial charge is 0.392 e. The molecule has 142 valence electrons. The van der Waals surface area contributed by atoms with Crippen LogP contribution in [-0.2, 0) is 26.3 Å². The van der Waals surface area contributed by atoms with Crippen molar-refractivity contribution >= 4 is 0 Å². The van der Waals surface area contributed by atoms with Gasteiger partial charge in [-0.25, -0.2) is 0 Å².